The van der Waals surface area contributed by atoms with Crippen LogP contribution in [0.1, 0.15) is 0 Å². The molecular formula is C20H20N2O6S2. The molecule has 0 aliphatic carbocycles. The van der Waals surface area contributed by atoms with Gasteiger partial charge in [0.2, 0.25) is 0 Å². The summed E-state index contributed by atoms with van der Waals surface area (Å²) in [6.45, 7) is 0. The van der Waals surface area contributed by atoms with Crippen molar-refractivity contribution in [2.45, 2.75) is 9.79 Å². The van der Waals surface area contributed by atoms with Crippen LogP contribution in [0.4, 0.5) is 11.4 Å². The van der Waals surface area contributed by atoms with Gasteiger partial charge in [0.25, 0.3) is 20.0 Å². The number of rotatable bonds is 8. The van der Waals surface area contributed by atoms with Crippen LogP contribution in [0.25, 0.3) is 0 Å². The molecule has 3 aromatic rings. The molecule has 0 heterocycles. The molecule has 0 spiro atoms. The number of nitrogens with one attached hydrogen (secondary N) is 2. The van der Waals surface area contributed by atoms with Gasteiger partial charge in [-0.15, -0.1) is 0 Å². The first-order valence-corrected chi connectivity index (χ1v) is 11.6. The SMILES string of the molecule is COc1cccc(S(=O)(=O)Nc2cccc(NS(=O)(=O)c3cccc(OC)c3)c2)c1. The molecule has 3 rings (SSSR count). The van der Waals surface area contributed by atoms with E-state index in [0.29, 0.717) is 11.5 Å². The van der Waals surface area contributed by atoms with Crippen molar-refractivity contribution in [3.05, 3.63) is 72.8 Å². The second-order valence-electron chi connectivity index (χ2n) is 6.15. The van der Waals surface area contributed by atoms with Crippen LogP contribution in [-0.4, -0.2) is 31.1 Å². The Hall–Kier alpha value is -3.24. The monoisotopic (exact) mass is 448 g/mol. The molecule has 0 saturated heterocycles. The minimum absolute atomic E-state index is 0.0178. The topological polar surface area (TPSA) is 111 Å². The van der Waals surface area contributed by atoms with Crippen LogP contribution in [-0.2, 0) is 20.0 Å². The number of benzene rings is 3. The van der Waals surface area contributed by atoms with Gasteiger partial charge in [0, 0.05) is 12.1 Å². The summed E-state index contributed by atoms with van der Waals surface area (Å²) < 4.78 is 65.5. The van der Waals surface area contributed by atoms with Gasteiger partial charge in [-0.25, -0.2) is 16.8 Å². The van der Waals surface area contributed by atoms with Gasteiger partial charge in [-0.05, 0) is 42.5 Å². The highest BCUT2D eigenvalue weighted by atomic mass is 32.2. The van der Waals surface area contributed by atoms with Crippen molar-refractivity contribution in [2.75, 3.05) is 23.7 Å². The lowest BCUT2D eigenvalue weighted by Crippen LogP contribution is -2.15. The summed E-state index contributed by atoms with van der Waals surface area (Å²) in [7, 11) is -4.90. The molecular weight excluding hydrogens is 428 g/mol. The highest BCUT2D eigenvalue weighted by Crippen LogP contribution is 2.24. The minimum Gasteiger partial charge on any atom is -0.497 e. The van der Waals surface area contributed by atoms with Crippen LogP contribution in [0.3, 0.4) is 0 Å². The average Bonchev–Trinajstić information content (AvgIpc) is 2.73. The van der Waals surface area contributed by atoms with Crippen LogP contribution < -0.4 is 18.9 Å². The number of ether oxygens (including phenoxy) is 2. The van der Waals surface area contributed by atoms with Crippen LogP contribution in [0.5, 0.6) is 11.5 Å². The Morgan fingerprint density at radius 3 is 1.40 bits per heavy atom. The lowest BCUT2D eigenvalue weighted by molar-refractivity contribution is 0.413. The first kappa shape index (κ1) is 21.5. The van der Waals surface area contributed by atoms with Gasteiger partial charge in [0.15, 0.2) is 0 Å². The van der Waals surface area contributed by atoms with Crippen molar-refractivity contribution in [1.82, 2.24) is 0 Å². The fraction of sp³-hybridized carbons (Fsp3) is 0.100. The lowest BCUT2D eigenvalue weighted by Gasteiger charge is -2.12. The highest BCUT2D eigenvalue weighted by Gasteiger charge is 2.17. The Morgan fingerprint density at radius 1 is 0.600 bits per heavy atom. The minimum atomic E-state index is -3.89. The molecule has 158 valence electrons. The lowest BCUT2D eigenvalue weighted by atomic mass is 10.3. The van der Waals surface area contributed by atoms with E-state index in [9.17, 15) is 16.8 Å². The third-order valence-electron chi connectivity index (χ3n) is 4.07. The molecule has 0 unspecified atom stereocenters. The first-order chi connectivity index (χ1) is 14.2. The van der Waals surface area contributed by atoms with Gasteiger partial charge in [0.05, 0.1) is 35.4 Å². The molecule has 0 aliphatic rings. The molecule has 2 N–H and O–H groups in total. The Kier molecular flexibility index (Phi) is 6.18. The van der Waals surface area contributed by atoms with Gasteiger partial charge in [-0.1, -0.05) is 18.2 Å². The molecule has 0 aromatic heterocycles. The standard InChI is InChI=1S/C20H20N2O6S2/c1-27-17-8-4-10-19(13-17)29(23,24)21-15-6-3-7-16(12-15)22-30(25,26)20-11-5-9-18(14-20)28-2/h3-14,21-22H,1-2H3. The zero-order chi connectivity index (χ0) is 21.8. The van der Waals surface area contributed by atoms with Gasteiger partial charge in [0.1, 0.15) is 11.5 Å². The number of methoxy groups -OCH3 is 2. The molecule has 0 saturated carbocycles. The molecule has 3 aromatic carbocycles. The Bertz CT molecular complexity index is 1160. The zero-order valence-corrected chi connectivity index (χ0v) is 17.8. The number of sulfonamides is 2. The van der Waals surface area contributed by atoms with E-state index in [1.807, 2.05) is 0 Å². The van der Waals surface area contributed by atoms with E-state index in [1.54, 1.807) is 24.3 Å². The third kappa shape index (κ3) is 5.02. The molecule has 0 bridgehead atoms. The van der Waals surface area contributed by atoms with E-state index in [1.165, 1.54) is 62.8 Å². The summed E-state index contributed by atoms with van der Waals surface area (Å²) in [6, 6.07) is 18.0. The van der Waals surface area contributed by atoms with Gasteiger partial charge in [-0.2, -0.15) is 0 Å². The van der Waals surface area contributed by atoms with Crippen LogP contribution >= 0.6 is 0 Å². The maximum atomic E-state index is 12.6. The van der Waals surface area contributed by atoms with Crippen LogP contribution in [0, 0.1) is 0 Å². The molecule has 0 amide bonds. The second kappa shape index (κ2) is 8.64. The van der Waals surface area contributed by atoms with Crippen molar-refractivity contribution in [2.24, 2.45) is 0 Å². The Balaban J connectivity index is 1.83. The number of anilines is 2. The summed E-state index contributed by atoms with van der Waals surface area (Å²) in [5.74, 6) is 0.801. The molecule has 8 nitrogen and oxygen atoms in total. The molecule has 10 heteroatoms. The van der Waals surface area contributed by atoms with E-state index >= 15 is 0 Å². The Morgan fingerprint density at radius 2 is 1.00 bits per heavy atom. The number of hydrogen-bond acceptors (Lipinski definition) is 6. The van der Waals surface area contributed by atoms with E-state index in [-0.39, 0.29) is 21.2 Å². The normalized spacial score (nSPS) is 11.5. The van der Waals surface area contributed by atoms with Crippen molar-refractivity contribution in [1.29, 1.82) is 0 Å². The smallest absolute Gasteiger partial charge is 0.262 e. The van der Waals surface area contributed by atoms with E-state index in [4.69, 9.17) is 9.47 Å². The number of hydrogen-bond donors (Lipinski definition) is 2. The summed E-state index contributed by atoms with van der Waals surface area (Å²) in [5.41, 5.74) is 0.396. The van der Waals surface area contributed by atoms with Crippen molar-refractivity contribution in [3.8, 4) is 11.5 Å². The second-order valence-corrected chi connectivity index (χ2v) is 9.51. The van der Waals surface area contributed by atoms with Crippen LogP contribution in [0.15, 0.2) is 82.6 Å². The van der Waals surface area contributed by atoms with E-state index in [2.05, 4.69) is 9.44 Å². The van der Waals surface area contributed by atoms with Crippen molar-refractivity contribution >= 4 is 31.4 Å². The van der Waals surface area contributed by atoms with E-state index in [0.717, 1.165) is 0 Å². The molecule has 0 fully saturated rings. The molecule has 0 atom stereocenters. The Labute approximate surface area is 175 Å². The van der Waals surface area contributed by atoms with E-state index < -0.39 is 20.0 Å². The highest BCUT2D eigenvalue weighted by molar-refractivity contribution is 7.93. The third-order valence-corrected chi connectivity index (χ3v) is 6.83. The van der Waals surface area contributed by atoms with Gasteiger partial charge in [-0.3, -0.25) is 9.44 Å². The quantitative estimate of drug-likeness (QED) is 0.547. The zero-order valence-electron chi connectivity index (χ0n) is 16.2. The van der Waals surface area contributed by atoms with Gasteiger partial charge >= 0.3 is 0 Å². The predicted molar refractivity (Wildman–Crippen MR) is 114 cm³/mol. The largest absolute Gasteiger partial charge is 0.497 e. The average molecular weight is 449 g/mol. The molecule has 30 heavy (non-hydrogen) atoms. The fourth-order valence-corrected chi connectivity index (χ4v) is 4.78. The maximum absolute atomic E-state index is 12.6. The first-order valence-electron chi connectivity index (χ1n) is 8.67. The summed E-state index contributed by atoms with van der Waals surface area (Å²) in [4.78, 5) is 0.0356. The predicted octanol–water partition coefficient (Wildman–Crippen LogP) is 3.31. The summed E-state index contributed by atoms with van der Waals surface area (Å²) in [5, 5.41) is 0. The van der Waals surface area contributed by atoms with Crippen LogP contribution in [0.2, 0.25) is 0 Å². The fourth-order valence-electron chi connectivity index (χ4n) is 2.61. The summed E-state index contributed by atoms with van der Waals surface area (Å²) >= 11 is 0. The van der Waals surface area contributed by atoms with Gasteiger partial charge < -0.3 is 9.47 Å². The van der Waals surface area contributed by atoms with Crippen molar-refractivity contribution in [3.63, 3.8) is 0 Å². The van der Waals surface area contributed by atoms with Crippen molar-refractivity contribution < 1.29 is 26.3 Å². The molecule has 0 radical (unpaired) electrons. The molecule has 0 aliphatic heterocycles. The maximum Gasteiger partial charge on any atom is 0.262 e. The summed E-state index contributed by atoms with van der Waals surface area (Å²) in [6.07, 6.45) is 0.